The maximum absolute atomic E-state index is 13.7. The van der Waals surface area contributed by atoms with Crippen LogP contribution in [0.15, 0.2) is 17.0 Å². The fourth-order valence-corrected chi connectivity index (χ4v) is 2.10. The first-order valence-corrected chi connectivity index (χ1v) is 7.37. The predicted octanol–water partition coefficient (Wildman–Crippen LogP) is 0.767. The zero-order valence-corrected chi connectivity index (χ0v) is 12.1. The van der Waals surface area contributed by atoms with E-state index in [1.54, 1.807) is 0 Å². The Bertz CT molecular complexity index is 687. The molecule has 0 saturated carbocycles. The van der Waals surface area contributed by atoms with Crippen molar-refractivity contribution < 1.29 is 22.5 Å². The number of halogens is 1. The minimum Gasteiger partial charge on any atom is -0.352 e. The van der Waals surface area contributed by atoms with E-state index < -0.39 is 37.3 Å². The number of nitrogens with two attached hydrogens (primary N) is 1. The first kappa shape index (κ1) is 17.0. The van der Waals surface area contributed by atoms with Crippen LogP contribution in [0.5, 0.6) is 0 Å². The summed E-state index contributed by atoms with van der Waals surface area (Å²) in [6.07, 6.45) is 0. The Balaban J connectivity index is 3.38. The number of sulfonamides is 1. The summed E-state index contributed by atoms with van der Waals surface area (Å²) in [6, 6.07) is 1.34. The van der Waals surface area contributed by atoms with Gasteiger partial charge in [0.2, 0.25) is 15.8 Å². The molecule has 1 aromatic rings. The van der Waals surface area contributed by atoms with Crippen molar-refractivity contribution in [1.29, 1.82) is 0 Å². The van der Waals surface area contributed by atoms with E-state index in [2.05, 4.69) is 5.32 Å². The molecule has 0 spiro atoms. The van der Waals surface area contributed by atoms with Crippen LogP contribution in [0.2, 0.25) is 0 Å². The maximum Gasteiger partial charge on any atom is 0.307 e. The molecule has 116 valence electrons. The monoisotopic (exact) mass is 319 g/mol. The lowest BCUT2D eigenvalue weighted by Gasteiger charge is -2.09. The zero-order valence-electron chi connectivity index (χ0n) is 11.3. The van der Waals surface area contributed by atoms with Gasteiger partial charge in [0.25, 0.3) is 5.91 Å². The standard InChI is InChI=1S/C11H14FN3O5S/c1-6(2)5-14-11(16)7-3-8(15(17)18)10(12)9(4-7)21(13,19)20/h3-4,6H,5H2,1-2H3,(H,14,16)(H2,13,19,20). The van der Waals surface area contributed by atoms with Crippen LogP contribution in [0.1, 0.15) is 24.2 Å². The van der Waals surface area contributed by atoms with Crippen molar-refractivity contribution in [2.45, 2.75) is 18.7 Å². The number of nitrogens with zero attached hydrogens (tertiary/aromatic N) is 1. The van der Waals surface area contributed by atoms with Crippen LogP contribution in [-0.2, 0) is 10.0 Å². The molecule has 1 aromatic carbocycles. The molecule has 1 rings (SSSR count). The van der Waals surface area contributed by atoms with Crippen LogP contribution in [0.3, 0.4) is 0 Å². The molecule has 0 radical (unpaired) electrons. The van der Waals surface area contributed by atoms with Crippen molar-refractivity contribution >= 4 is 21.6 Å². The molecule has 8 nitrogen and oxygen atoms in total. The topological polar surface area (TPSA) is 132 Å². The highest BCUT2D eigenvalue weighted by Crippen LogP contribution is 2.25. The number of nitrogens with one attached hydrogen (secondary N) is 1. The Morgan fingerprint density at radius 2 is 2.05 bits per heavy atom. The van der Waals surface area contributed by atoms with Gasteiger partial charge in [0, 0.05) is 18.2 Å². The van der Waals surface area contributed by atoms with E-state index in [1.807, 2.05) is 13.8 Å². The van der Waals surface area contributed by atoms with E-state index in [1.165, 1.54) is 0 Å². The van der Waals surface area contributed by atoms with Gasteiger partial charge in [0.1, 0.15) is 4.90 Å². The molecule has 0 saturated heterocycles. The van der Waals surface area contributed by atoms with Gasteiger partial charge in [0.15, 0.2) is 0 Å². The van der Waals surface area contributed by atoms with E-state index >= 15 is 0 Å². The second-order valence-corrected chi connectivity index (χ2v) is 6.24. The summed E-state index contributed by atoms with van der Waals surface area (Å²) in [6.45, 7) is 3.92. The van der Waals surface area contributed by atoms with Crippen molar-refractivity contribution in [2.75, 3.05) is 6.54 Å². The third kappa shape index (κ3) is 4.20. The lowest BCUT2D eigenvalue weighted by molar-refractivity contribution is -0.387. The Labute approximate surface area is 120 Å². The lowest BCUT2D eigenvalue weighted by Crippen LogP contribution is -2.28. The summed E-state index contributed by atoms with van der Waals surface area (Å²) in [5, 5.41) is 18.0. The molecule has 0 unspecified atom stereocenters. The van der Waals surface area contributed by atoms with Crippen LogP contribution in [0, 0.1) is 21.8 Å². The summed E-state index contributed by atoms with van der Waals surface area (Å²) in [7, 11) is -4.54. The molecular formula is C11H14FN3O5S. The second-order valence-electron chi connectivity index (χ2n) is 4.71. The molecule has 0 fully saturated rings. The first-order chi connectivity index (χ1) is 9.54. The Hall–Kier alpha value is -2.07. The smallest absolute Gasteiger partial charge is 0.307 e. The predicted molar refractivity (Wildman–Crippen MR) is 71.6 cm³/mol. The van der Waals surface area contributed by atoms with Gasteiger partial charge < -0.3 is 5.32 Å². The van der Waals surface area contributed by atoms with E-state index in [9.17, 15) is 27.7 Å². The highest BCUT2D eigenvalue weighted by atomic mass is 32.2. The van der Waals surface area contributed by atoms with E-state index in [0.717, 1.165) is 0 Å². The molecule has 0 heterocycles. The number of carbonyl (C=O) groups is 1. The van der Waals surface area contributed by atoms with E-state index in [0.29, 0.717) is 12.1 Å². The van der Waals surface area contributed by atoms with Gasteiger partial charge in [-0.3, -0.25) is 14.9 Å². The van der Waals surface area contributed by atoms with Crippen molar-refractivity contribution in [1.82, 2.24) is 5.32 Å². The Morgan fingerprint density at radius 3 is 2.48 bits per heavy atom. The second kappa shape index (κ2) is 6.14. The third-order valence-electron chi connectivity index (χ3n) is 2.46. The fraction of sp³-hybridized carbons (Fsp3) is 0.364. The van der Waals surface area contributed by atoms with Crippen molar-refractivity contribution in [3.05, 3.63) is 33.6 Å². The molecule has 0 bridgehead atoms. The number of carbonyl (C=O) groups excluding carboxylic acids is 1. The largest absolute Gasteiger partial charge is 0.352 e. The van der Waals surface area contributed by atoms with Gasteiger partial charge in [-0.1, -0.05) is 13.8 Å². The number of hydrogen-bond donors (Lipinski definition) is 2. The molecule has 0 aliphatic carbocycles. The summed E-state index contributed by atoms with van der Waals surface area (Å²) in [5.41, 5.74) is -1.48. The van der Waals surface area contributed by atoms with Crippen LogP contribution >= 0.6 is 0 Å². The number of nitro groups is 1. The van der Waals surface area contributed by atoms with Crippen LogP contribution in [-0.4, -0.2) is 25.8 Å². The summed E-state index contributed by atoms with van der Waals surface area (Å²) in [4.78, 5) is 20.3. The lowest BCUT2D eigenvalue weighted by atomic mass is 10.1. The molecule has 0 aliphatic rings. The van der Waals surface area contributed by atoms with Crippen LogP contribution < -0.4 is 10.5 Å². The quantitative estimate of drug-likeness (QED) is 0.611. The number of benzene rings is 1. The van der Waals surface area contributed by atoms with Crippen molar-refractivity contribution in [3.63, 3.8) is 0 Å². The van der Waals surface area contributed by atoms with Crippen molar-refractivity contribution in [2.24, 2.45) is 11.1 Å². The molecule has 10 heteroatoms. The summed E-state index contributed by atoms with van der Waals surface area (Å²) >= 11 is 0. The summed E-state index contributed by atoms with van der Waals surface area (Å²) < 4.78 is 36.3. The average Bonchev–Trinajstić information content (AvgIpc) is 2.34. The zero-order chi connectivity index (χ0) is 16.4. The normalized spacial score (nSPS) is 11.5. The minimum absolute atomic E-state index is 0.113. The molecule has 0 atom stereocenters. The molecular weight excluding hydrogens is 305 g/mol. The summed E-state index contributed by atoms with van der Waals surface area (Å²) in [5.74, 6) is -2.23. The van der Waals surface area contributed by atoms with Crippen molar-refractivity contribution in [3.8, 4) is 0 Å². The SMILES string of the molecule is CC(C)CNC(=O)c1cc([N+](=O)[O-])c(F)c(S(N)(=O)=O)c1. The number of rotatable bonds is 5. The third-order valence-corrected chi connectivity index (χ3v) is 3.37. The minimum atomic E-state index is -4.54. The van der Waals surface area contributed by atoms with Gasteiger partial charge >= 0.3 is 5.69 Å². The van der Waals surface area contributed by atoms with Crippen LogP contribution in [0.4, 0.5) is 10.1 Å². The maximum atomic E-state index is 13.7. The van der Waals surface area contributed by atoms with Gasteiger partial charge in [-0.05, 0) is 12.0 Å². The molecule has 3 N–H and O–H groups in total. The molecule has 0 aliphatic heterocycles. The number of nitro benzene ring substituents is 1. The van der Waals surface area contributed by atoms with Gasteiger partial charge in [-0.15, -0.1) is 0 Å². The highest BCUT2D eigenvalue weighted by Gasteiger charge is 2.27. The Morgan fingerprint density at radius 1 is 1.48 bits per heavy atom. The van der Waals surface area contributed by atoms with E-state index in [4.69, 9.17) is 5.14 Å². The molecule has 0 aromatic heterocycles. The molecule has 21 heavy (non-hydrogen) atoms. The van der Waals surface area contributed by atoms with Crippen LogP contribution in [0.25, 0.3) is 0 Å². The van der Waals surface area contributed by atoms with E-state index in [-0.39, 0.29) is 18.0 Å². The average molecular weight is 319 g/mol. The highest BCUT2D eigenvalue weighted by molar-refractivity contribution is 7.89. The first-order valence-electron chi connectivity index (χ1n) is 5.83. The van der Waals surface area contributed by atoms with Gasteiger partial charge in [-0.25, -0.2) is 13.6 Å². The number of primary sulfonamides is 1. The molecule has 1 amide bonds. The Kier molecular flexibility index (Phi) is 4.97. The number of hydrogen-bond acceptors (Lipinski definition) is 5. The van der Waals surface area contributed by atoms with Gasteiger partial charge in [-0.2, -0.15) is 4.39 Å². The van der Waals surface area contributed by atoms with Gasteiger partial charge in [0.05, 0.1) is 4.92 Å². The fourth-order valence-electron chi connectivity index (χ4n) is 1.45. The number of amides is 1.